The van der Waals surface area contributed by atoms with Crippen LogP contribution in [0.5, 0.6) is 17.2 Å². The molecule has 0 atom stereocenters. The Morgan fingerprint density at radius 1 is 1.07 bits per heavy atom. The van der Waals surface area contributed by atoms with Crippen LogP contribution in [0.25, 0.3) is 0 Å². The second kappa shape index (κ2) is 9.62. The van der Waals surface area contributed by atoms with E-state index in [1.807, 2.05) is 39.8 Å². The number of aryl methyl sites for hydroxylation is 2. The quantitative estimate of drug-likeness (QED) is 0.570. The molecule has 144 valence electrons. The number of hydrogen-bond donors (Lipinski definition) is 1. The van der Waals surface area contributed by atoms with Gasteiger partial charge in [-0.25, -0.2) is 5.43 Å². The highest BCUT2D eigenvalue weighted by Gasteiger charge is 2.07. The number of amides is 1. The fourth-order valence-electron chi connectivity index (χ4n) is 2.54. The number of benzene rings is 2. The first-order valence-corrected chi connectivity index (χ1v) is 8.78. The summed E-state index contributed by atoms with van der Waals surface area (Å²) in [6, 6.07) is 9.43. The number of hydrazone groups is 1. The van der Waals surface area contributed by atoms with E-state index >= 15 is 0 Å². The lowest BCUT2D eigenvalue weighted by atomic mass is 10.1. The first-order chi connectivity index (χ1) is 12.9. The van der Waals surface area contributed by atoms with Crippen LogP contribution in [-0.2, 0) is 4.79 Å². The minimum Gasteiger partial charge on any atom is -0.493 e. The second-order valence-electron chi connectivity index (χ2n) is 6.13. The molecular weight excluding hydrogens is 344 g/mol. The zero-order valence-corrected chi connectivity index (χ0v) is 16.5. The van der Waals surface area contributed by atoms with Crippen molar-refractivity contribution in [2.24, 2.45) is 5.10 Å². The predicted molar refractivity (Wildman–Crippen MR) is 106 cm³/mol. The molecule has 0 aliphatic carbocycles. The SMILES string of the molecule is CCOc1ccc(/C=N/NC(=O)COc2cc(C)cc(C)c2C)cc1OC. The number of methoxy groups -OCH3 is 1. The average Bonchev–Trinajstić information content (AvgIpc) is 2.64. The Labute approximate surface area is 160 Å². The van der Waals surface area contributed by atoms with Gasteiger partial charge in [0.15, 0.2) is 18.1 Å². The van der Waals surface area contributed by atoms with Crippen LogP contribution in [0, 0.1) is 20.8 Å². The van der Waals surface area contributed by atoms with Gasteiger partial charge in [0, 0.05) is 0 Å². The van der Waals surface area contributed by atoms with Gasteiger partial charge in [-0.1, -0.05) is 6.07 Å². The van der Waals surface area contributed by atoms with Gasteiger partial charge in [0.25, 0.3) is 5.91 Å². The van der Waals surface area contributed by atoms with E-state index in [-0.39, 0.29) is 12.5 Å². The number of nitrogens with one attached hydrogen (secondary N) is 1. The molecule has 0 aromatic heterocycles. The van der Waals surface area contributed by atoms with Crippen LogP contribution in [0.4, 0.5) is 0 Å². The summed E-state index contributed by atoms with van der Waals surface area (Å²) in [4.78, 5) is 12.0. The van der Waals surface area contributed by atoms with Crippen molar-refractivity contribution in [2.45, 2.75) is 27.7 Å². The Hall–Kier alpha value is -3.02. The summed E-state index contributed by atoms with van der Waals surface area (Å²) >= 11 is 0. The molecule has 0 fully saturated rings. The van der Waals surface area contributed by atoms with E-state index in [1.165, 1.54) is 6.21 Å². The smallest absolute Gasteiger partial charge is 0.277 e. The monoisotopic (exact) mass is 370 g/mol. The van der Waals surface area contributed by atoms with E-state index in [0.29, 0.717) is 23.9 Å². The van der Waals surface area contributed by atoms with E-state index in [0.717, 1.165) is 22.3 Å². The molecule has 27 heavy (non-hydrogen) atoms. The summed E-state index contributed by atoms with van der Waals surface area (Å²) in [5, 5.41) is 3.96. The molecule has 0 saturated carbocycles. The van der Waals surface area contributed by atoms with Gasteiger partial charge in [0.2, 0.25) is 0 Å². The molecule has 2 rings (SSSR count). The highest BCUT2D eigenvalue weighted by atomic mass is 16.5. The molecule has 0 aliphatic heterocycles. The van der Waals surface area contributed by atoms with Crippen molar-refractivity contribution in [3.05, 3.63) is 52.6 Å². The summed E-state index contributed by atoms with van der Waals surface area (Å²) in [6.45, 7) is 8.35. The molecule has 0 radical (unpaired) electrons. The summed E-state index contributed by atoms with van der Waals surface area (Å²) in [7, 11) is 1.58. The van der Waals surface area contributed by atoms with Crippen molar-refractivity contribution in [2.75, 3.05) is 20.3 Å². The van der Waals surface area contributed by atoms with Crippen LogP contribution < -0.4 is 19.6 Å². The first kappa shape index (κ1) is 20.3. The van der Waals surface area contributed by atoms with E-state index in [4.69, 9.17) is 14.2 Å². The van der Waals surface area contributed by atoms with Crippen LogP contribution in [-0.4, -0.2) is 32.4 Å². The summed E-state index contributed by atoms with van der Waals surface area (Å²) in [5.74, 6) is 1.66. The lowest BCUT2D eigenvalue weighted by Crippen LogP contribution is -2.24. The molecule has 2 aromatic carbocycles. The van der Waals surface area contributed by atoms with Crippen molar-refractivity contribution in [1.29, 1.82) is 0 Å². The molecular formula is C21H26N2O4. The highest BCUT2D eigenvalue weighted by molar-refractivity contribution is 5.83. The van der Waals surface area contributed by atoms with Gasteiger partial charge in [0.05, 0.1) is 19.9 Å². The molecule has 1 N–H and O–H groups in total. The van der Waals surface area contributed by atoms with Crippen LogP contribution in [0.1, 0.15) is 29.2 Å². The lowest BCUT2D eigenvalue weighted by Gasteiger charge is -2.11. The summed E-state index contributed by atoms with van der Waals surface area (Å²) in [5.41, 5.74) is 6.49. The Bertz CT molecular complexity index is 831. The van der Waals surface area contributed by atoms with Crippen molar-refractivity contribution >= 4 is 12.1 Å². The summed E-state index contributed by atoms with van der Waals surface area (Å²) in [6.07, 6.45) is 1.54. The van der Waals surface area contributed by atoms with Gasteiger partial charge in [0.1, 0.15) is 5.75 Å². The molecule has 6 heteroatoms. The van der Waals surface area contributed by atoms with Crippen molar-refractivity contribution < 1.29 is 19.0 Å². The molecule has 0 heterocycles. The third-order valence-corrected chi connectivity index (χ3v) is 4.01. The molecule has 6 nitrogen and oxygen atoms in total. The van der Waals surface area contributed by atoms with Crippen LogP contribution >= 0.6 is 0 Å². The van der Waals surface area contributed by atoms with Crippen molar-refractivity contribution in [3.8, 4) is 17.2 Å². The first-order valence-electron chi connectivity index (χ1n) is 8.78. The summed E-state index contributed by atoms with van der Waals surface area (Å²) < 4.78 is 16.4. The number of ether oxygens (including phenoxy) is 3. The van der Waals surface area contributed by atoms with E-state index in [9.17, 15) is 4.79 Å². The molecule has 1 amide bonds. The zero-order chi connectivity index (χ0) is 19.8. The van der Waals surface area contributed by atoms with Gasteiger partial charge in [-0.15, -0.1) is 0 Å². The largest absolute Gasteiger partial charge is 0.493 e. The number of carbonyl (C=O) groups excluding carboxylic acids is 1. The maximum Gasteiger partial charge on any atom is 0.277 e. The van der Waals surface area contributed by atoms with E-state index in [1.54, 1.807) is 19.2 Å². The molecule has 0 saturated heterocycles. The maximum absolute atomic E-state index is 12.0. The minimum atomic E-state index is -0.331. The minimum absolute atomic E-state index is 0.103. The highest BCUT2D eigenvalue weighted by Crippen LogP contribution is 2.27. The van der Waals surface area contributed by atoms with Gasteiger partial charge in [-0.2, -0.15) is 5.10 Å². The topological polar surface area (TPSA) is 69.2 Å². The molecule has 0 bridgehead atoms. The second-order valence-corrected chi connectivity index (χ2v) is 6.13. The van der Waals surface area contributed by atoms with Crippen LogP contribution in [0.15, 0.2) is 35.4 Å². The standard InChI is InChI=1S/C21H26N2O4/c1-6-26-18-8-7-17(11-20(18)25-5)12-22-23-21(24)13-27-19-10-14(2)9-15(3)16(19)4/h7-12H,6,13H2,1-5H3,(H,23,24)/b22-12+. The predicted octanol–water partition coefficient (Wildman–Crippen LogP) is 3.55. The lowest BCUT2D eigenvalue weighted by molar-refractivity contribution is -0.123. The number of hydrogen-bond acceptors (Lipinski definition) is 5. The normalized spacial score (nSPS) is 10.7. The molecule has 0 spiro atoms. The van der Waals surface area contributed by atoms with Gasteiger partial charge >= 0.3 is 0 Å². The Morgan fingerprint density at radius 3 is 2.56 bits per heavy atom. The Morgan fingerprint density at radius 2 is 1.85 bits per heavy atom. The van der Waals surface area contributed by atoms with Gasteiger partial charge in [-0.05, 0) is 74.2 Å². The average molecular weight is 370 g/mol. The van der Waals surface area contributed by atoms with E-state index in [2.05, 4.69) is 16.6 Å². The van der Waals surface area contributed by atoms with Crippen molar-refractivity contribution in [1.82, 2.24) is 5.43 Å². The third kappa shape index (κ3) is 5.74. The fraction of sp³-hybridized carbons (Fsp3) is 0.333. The van der Waals surface area contributed by atoms with Gasteiger partial charge < -0.3 is 14.2 Å². The number of rotatable bonds is 8. The van der Waals surface area contributed by atoms with Gasteiger partial charge in [-0.3, -0.25) is 4.79 Å². The van der Waals surface area contributed by atoms with Crippen molar-refractivity contribution in [3.63, 3.8) is 0 Å². The Balaban J connectivity index is 1.92. The number of nitrogens with zero attached hydrogens (tertiary/aromatic N) is 1. The molecule has 0 unspecified atom stereocenters. The third-order valence-electron chi connectivity index (χ3n) is 4.01. The van der Waals surface area contributed by atoms with Crippen LogP contribution in [0.3, 0.4) is 0 Å². The molecule has 0 aliphatic rings. The maximum atomic E-state index is 12.0. The Kier molecular flexibility index (Phi) is 7.23. The van der Waals surface area contributed by atoms with Crippen LogP contribution in [0.2, 0.25) is 0 Å². The van der Waals surface area contributed by atoms with E-state index < -0.39 is 0 Å². The zero-order valence-electron chi connectivity index (χ0n) is 16.5. The molecule has 2 aromatic rings. The number of carbonyl (C=O) groups is 1. The fourth-order valence-corrected chi connectivity index (χ4v) is 2.54.